The van der Waals surface area contributed by atoms with E-state index in [4.69, 9.17) is 9.47 Å². The number of fused-ring (bicyclic) bond motifs is 1. The van der Waals surface area contributed by atoms with Gasteiger partial charge in [0, 0.05) is 18.0 Å². The van der Waals surface area contributed by atoms with Gasteiger partial charge in [-0.05, 0) is 52.0 Å². The number of hydrogen-bond donors (Lipinski definition) is 1. The highest BCUT2D eigenvalue weighted by atomic mass is 16.6. The molecule has 0 aliphatic rings. The minimum atomic E-state index is -0.592. The van der Waals surface area contributed by atoms with Crippen LogP contribution in [0, 0.1) is 0 Å². The summed E-state index contributed by atoms with van der Waals surface area (Å²) < 4.78 is 12.0. The minimum Gasteiger partial charge on any atom is -0.461 e. The number of carbonyl (C=O) groups is 2. The van der Waals surface area contributed by atoms with E-state index in [9.17, 15) is 9.59 Å². The molecule has 0 aliphatic heterocycles. The van der Waals surface area contributed by atoms with Gasteiger partial charge in [-0.3, -0.25) is 5.32 Å². The third kappa shape index (κ3) is 4.64. The smallest absolute Gasteiger partial charge is 0.413 e. The van der Waals surface area contributed by atoms with Crippen molar-refractivity contribution in [2.45, 2.75) is 33.3 Å². The highest BCUT2D eigenvalue weighted by Crippen LogP contribution is 2.21. The molecule has 0 fully saturated rings. The average Bonchev–Trinajstić information content (AvgIpc) is 3.04. The molecule has 8 nitrogen and oxygen atoms in total. The lowest BCUT2D eigenvalue weighted by Gasteiger charge is -2.19. The predicted molar refractivity (Wildman–Crippen MR) is 104 cm³/mol. The average molecular weight is 382 g/mol. The topological polar surface area (TPSA) is 94.8 Å². The van der Waals surface area contributed by atoms with Crippen LogP contribution < -0.4 is 5.32 Å². The third-order valence-corrected chi connectivity index (χ3v) is 3.61. The van der Waals surface area contributed by atoms with Crippen LogP contribution in [-0.4, -0.2) is 38.6 Å². The molecule has 0 aromatic carbocycles. The normalized spacial score (nSPS) is 11.3. The molecule has 1 N–H and O–H groups in total. The van der Waals surface area contributed by atoms with Gasteiger partial charge in [-0.1, -0.05) is 6.07 Å². The Hall–Kier alpha value is -3.42. The molecular weight excluding hydrogens is 360 g/mol. The van der Waals surface area contributed by atoms with Gasteiger partial charge < -0.3 is 13.9 Å². The number of nitrogens with zero attached hydrogens (tertiary/aromatic N) is 3. The standard InChI is InChI=1S/C20H22N4O4/c1-5-27-18(25)15-12-24-11-13(9-10-17(24)22-15)14-7-6-8-16(21-14)23-19(26)28-20(2,3)4/h6-12H,5H2,1-4H3,(H,21,23,26). The van der Waals surface area contributed by atoms with Crippen molar-refractivity contribution >= 4 is 23.5 Å². The fraction of sp³-hybridized carbons (Fsp3) is 0.300. The van der Waals surface area contributed by atoms with Gasteiger partial charge in [-0.2, -0.15) is 0 Å². The minimum absolute atomic E-state index is 0.243. The molecule has 0 radical (unpaired) electrons. The third-order valence-electron chi connectivity index (χ3n) is 3.61. The monoisotopic (exact) mass is 382 g/mol. The fourth-order valence-electron chi connectivity index (χ4n) is 2.52. The molecule has 3 heterocycles. The first-order chi connectivity index (χ1) is 13.2. The van der Waals surface area contributed by atoms with Crippen molar-refractivity contribution in [3.63, 3.8) is 0 Å². The van der Waals surface area contributed by atoms with Crippen LogP contribution in [0.4, 0.5) is 10.6 Å². The number of amides is 1. The first-order valence-corrected chi connectivity index (χ1v) is 8.88. The number of pyridine rings is 2. The molecule has 0 saturated carbocycles. The maximum atomic E-state index is 11.9. The molecule has 0 bridgehead atoms. The zero-order chi connectivity index (χ0) is 20.3. The van der Waals surface area contributed by atoms with Crippen LogP contribution in [-0.2, 0) is 9.47 Å². The number of anilines is 1. The first-order valence-electron chi connectivity index (χ1n) is 8.88. The maximum absolute atomic E-state index is 11.9. The number of rotatable bonds is 4. The van der Waals surface area contributed by atoms with Crippen molar-refractivity contribution in [2.24, 2.45) is 0 Å². The summed E-state index contributed by atoms with van der Waals surface area (Å²) in [4.78, 5) is 32.5. The number of ether oxygens (including phenoxy) is 2. The van der Waals surface area contributed by atoms with E-state index >= 15 is 0 Å². The van der Waals surface area contributed by atoms with E-state index in [0.717, 1.165) is 5.56 Å². The second-order valence-electron chi connectivity index (χ2n) is 7.06. The molecule has 3 aromatic rings. The molecule has 0 aliphatic carbocycles. The van der Waals surface area contributed by atoms with Crippen LogP contribution in [0.3, 0.4) is 0 Å². The lowest BCUT2D eigenvalue weighted by molar-refractivity contribution is 0.0519. The Bertz CT molecular complexity index is 1020. The second-order valence-corrected chi connectivity index (χ2v) is 7.06. The molecule has 28 heavy (non-hydrogen) atoms. The zero-order valence-electron chi connectivity index (χ0n) is 16.2. The lowest BCUT2D eigenvalue weighted by Crippen LogP contribution is -2.27. The molecular formula is C20H22N4O4. The van der Waals surface area contributed by atoms with Crippen molar-refractivity contribution in [1.82, 2.24) is 14.4 Å². The van der Waals surface area contributed by atoms with Gasteiger partial charge >= 0.3 is 12.1 Å². The summed E-state index contributed by atoms with van der Waals surface area (Å²) in [5.74, 6) is -0.0841. The van der Waals surface area contributed by atoms with E-state index in [-0.39, 0.29) is 5.69 Å². The highest BCUT2D eigenvalue weighted by molar-refractivity contribution is 5.88. The van der Waals surface area contributed by atoms with Crippen LogP contribution >= 0.6 is 0 Å². The maximum Gasteiger partial charge on any atom is 0.413 e. The summed E-state index contributed by atoms with van der Waals surface area (Å²) in [5, 5.41) is 2.63. The van der Waals surface area contributed by atoms with Gasteiger partial charge in [-0.25, -0.2) is 19.6 Å². The summed E-state index contributed by atoms with van der Waals surface area (Å²) in [7, 11) is 0. The second kappa shape index (κ2) is 7.67. The zero-order valence-corrected chi connectivity index (χ0v) is 16.2. The fourth-order valence-corrected chi connectivity index (χ4v) is 2.52. The van der Waals surface area contributed by atoms with Crippen LogP contribution in [0.2, 0.25) is 0 Å². The Balaban J connectivity index is 1.84. The van der Waals surface area contributed by atoms with Gasteiger partial charge in [0.2, 0.25) is 0 Å². The van der Waals surface area contributed by atoms with Gasteiger partial charge in [0.15, 0.2) is 5.69 Å². The van der Waals surface area contributed by atoms with Crippen LogP contribution in [0.25, 0.3) is 16.9 Å². The van der Waals surface area contributed by atoms with Crippen molar-refractivity contribution in [3.8, 4) is 11.3 Å². The molecule has 3 rings (SSSR count). The summed E-state index contributed by atoms with van der Waals surface area (Å²) in [6.45, 7) is 7.42. The van der Waals surface area contributed by atoms with Crippen molar-refractivity contribution in [1.29, 1.82) is 0 Å². The molecule has 1 amide bonds. The molecule has 0 spiro atoms. The largest absolute Gasteiger partial charge is 0.461 e. The summed E-state index contributed by atoms with van der Waals surface area (Å²) in [6, 6.07) is 8.92. The van der Waals surface area contributed by atoms with E-state index in [1.54, 1.807) is 56.5 Å². The van der Waals surface area contributed by atoms with Gasteiger partial charge in [0.1, 0.15) is 17.1 Å². The van der Waals surface area contributed by atoms with Crippen molar-refractivity contribution in [2.75, 3.05) is 11.9 Å². The molecule has 0 unspecified atom stereocenters. The summed E-state index contributed by atoms with van der Waals surface area (Å²) in [6.07, 6.45) is 2.85. The predicted octanol–water partition coefficient (Wildman–Crippen LogP) is 3.92. The van der Waals surface area contributed by atoms with E-state index in [1.807, 2.05) is 18.3 Å². The Morgan fingerprint density at radius 1 is 1.11 bits per heavy atom. The first kappa shape index (κ1) is 19.3. The molecule has 0 atom stereocenters. The van der Waals surface area contributed by atoms with E-state index < -0.39 is 17.7 Å². The number of nitrogens with one attached hydrogen (secondary N) is 1. The summed E-state index contributed by atoms with van der Waals surface area (Å²) in [5.41, 5.74) is 1.72. The van der Waals surface area contributed by atoms with Gasteiger partial charge in [0.05, 0.1) is 12.3 Å². The molecule has 0 saturated heterocycles. The number of esters is 1. The summed E-state index contributed by atoms with van der Waals surface area (Å²) >= 11 is 0. The highest BCUT2D eigenvalue weighted by Gasteiger charge is 2.17. The number of aromatic nitrogens is 3. The van der Waals surface area contributed by atoms with E-state index in [0.29, 0.717) is 23.8 Å². The Morgan fingerprint density at radius 2 is 1.89 bits per heavy atom. The van der Waals surface area contributed by atoms with E-state index in [2.05, 4.69) is 15.3 Å². The van der Waals surface area contributed by atoms with Crippen LogP contribution in [0.15, 0.2) is 42.7 Å². The number of carbonyl (C=O) groups excluding carboxylic acids is 2. The quantitative estimate of drug-likeness (QED) is 0.687. The Kier molecular flexibility index (Phi) is 5.30. The number of imidazole rings is 1. The molecule has 146 valence electrons. The van der Waals surface area contributed by atoms with E-state index in [1.165, 1.54) is 0 Å². The number of hydrogen-bond acceptors (Lipinski definition) is 6. The SMILES string of the molecule is CCOC(=O)c1cn2cc(-c3cccc(NC(=O)OC(C)(C)C)n3)ccc2n1. The van der Waals surface area contributed by atoms with Crippen LogP contribution in [0.5, 0.6) is 0 Å². The Labute approximate surface area is 162 Å². The molecule has 3 aromatic heterocycles. The van der Waals surface area contributed by atoms with Crippen molar-refractivity contribution < 1.29 is 19.1 Å². The molecule has 8 heteroatoms. The van der Waals surface area contributed by atoms with Gasteiger partial charge in [-0.15, -0.1) is 0 Å². The Morgan fingerprint density at radius 3 is 2.61 bits per heavy atom. The van der Waals surface area contributed by atoms with Crippen LogP contribution in [0.1, 0.15) is 38.2 Å². The van der Waals surface area contributed by atoms with Crippen molar-refractivity contribution in [3.05, 3.63) is 48.4 Å². The lowest BCUT2D eigenvalue weighted by atomic mass is 10.2. The van der Waals surface area contributed by atoms with Gasteiger partial charge in [0.25, 0.3) is 0 Å².